The van der Waals surface area contributed by atoms with Gasteiger partial charge >= 0.3 is 0 Å². The highest BCUT2D eigenvalue weighted by atomic mass is 16.3. The van der Waals surface area contributed by atoms with E-state index in [4.69, 9.17) is 8.83 Å². The predicted molar refractivity (Wildman–Crippen MR) is 71.0 cm³/mol. The molecule has 0 unspecified atom stereocenters. The first-order chi connectivity index (χ1) is 9.56. The highest BCUT2D eigenvalue weighted by molar-refractivity contribution is 5.96. The minimum Gasteiger partial charge on any atom is -0.472 e. The summed E-state index contributed by atoms with van der Waals surface area (Å²) < 4.78 is 10.2. The topological polar surface area (TPSA) is 84.5 Å². The summed E-state index contributed by atoms with van der Waals surface area (Å²) in [6, 6.07) is 4.92. The van der Waals surface area contributed by atoms with E-state index in [1.165, 1.54) is 18.6 Å². The lowest BCUT2D eigenvalue weighted by atomic mass is 10.2. The second-order valence-electron chi connectivity index (χ2n) is 4.43. The van der Waals surface area contributed by atoms with E-state index in [0.717, 1.165) is 5.76 Å². The fraction of sp³-hybridized carbons (Fsp3) is 0.286. The molecule has 2 heterocycles. The molecular weight excluding hydrogens is 260 g/mol. The van der Waals surface area contributed by atoms with Crippen molar-refractivity contribution in [3.05, 3.63) is 47.8 Å². The van der Waals surface area contributed by atoms with Crippen LogP contribution in [0, 0.1) is 6.92 Å². The third kappa shape index (κ3) is 3.50. The quantitative estimate of drug-likeness (QED) is 0.872. The lowest BCUT2D eigenvalue weighted by molar-refractivity contribution is -0.120. The summed E-state index contributed by atoms with van der Waals surface area (Å²) in [6.07, 6.45) is 2.72. The number of rotatable bonds is 5. The van der Waals surface area contributed by atoms with E-state index < -0.39 is 0 Å². The van der Waals surface area contributed by atoms with Crippen molar-refractivity contribution in [1.82, 2.24) is 10.6 Å². The largest absolute Gasteiger partial charge is 0.472 e. The Balaban J connectivity index is 1.79. The monoisotopic (exact) mass is 276 g/mol. The highest BCUT2D eigenvalue weighted by Gasteiger charge is 2.14. The molecule has 2 N–H and O–H groups in total. The molecule has 1 atom stereocenters. The third-order valence-electron chi connectivity index (χ3n) is 2.76. The minimum atomic E-state index is -0.351. The maximum atomic E-state index is 11.7. The zero-order chi connectivity index (χ0) is 14.5. The van der Waals surface area contributed by atoms with Crippen molar-refractivity contribution in [2.45, 2.75) is 19.9 Å². The van der Waals surface area contributed by atoms with Gasteiger partial charge in [-0.05, 0) is 32.0 Å². The Morgan fingerprint density at radius 3 is 2.70 bits per heavy atom. The van der Waals surface area contributed by atoms with Gasteiger partial charge in [0.05, 0.1) is 24.4 Å². The van der Waals surface area contributed by atoms with E-state index in [1.54, 1.807) is 0 Å². The van der Waals surface area contributed by atoms with Crippen LogP contribution < -0.4 is 10.6 Å². The zero-order valence-corrected chi connectivity index (χ0v) is 11.3. The Labute approximate surface area is 116 Å². The predicted octanol–water partition coefficient (Wildman–Crippen LogP) is 1.79. The molecule has 0 bridgehead atoms. The van der Waals surface area contributed by atoms with E-state index in [2.05, 4.69) is 10.6 Å². The first-order valence-electron chi connectivity index (χ1n) is 6.22. The molecule has 0 aliphatic carbocycles. The van der Waals surface area contributed by atoms with Crippen molar-refractivity contribution in [2.24, 2.45) is 0 Å². The van der Waals surface area contributed by atoms with Gasteiger partial charge in [-0.1, -0.05) is 0 Å². The number of aryl methyl sites for hydroxylation is 1. The molecule has 106 valence electrons. The van der Waals surface area contributed by atoms with Crippen molar-refractivity contribution in [2.75, 3.05) is 6.54 Å². The summed E-state index contributed by atoms with van der Waals surface area (Å²) in [5, 5.41) is 5.24. The fourth-order valence-corrected chi connectivity index (χ4v) is 1.71. The standard InChI is InChI=1S/C14H16N2O4/c1-9-3-4-12(20-9)10(2)16-13(17)7-15-14(18)11-5-6-19-8-11/h3-6,8,10H,7H2,1-2H3,(H,15,18)(H,16,17)/t10-/m1/s1. The molecule has 0 saturated carbocycles. The van der Waals surface area contributed by atoms with Crippen LogP contribution >= 0.6 is 0 Å². The van der Waals surface area contributed by atoms with Gasteiger partial charge in [-0.2, -0.15) is 0 Å². The average molecular weight is 276 g/mol. The lowest BCUT2D eigenvalue weighted by Gasteiger charge is -2.11. The maximum Gasteiger partial charge on any atom is 0.254 e. The van der Waals surface area contributed by atoms with Gasteiger partial charge in [0.2, 0.25) is 5.91 Å². The molecule has 0 saturated heterocycles. The summed E-state index contributed by atoms with van der Waals surface area (Å²) in [6.45, 7) is 3.55. The van der Waals surface area contributed by atoms with E-state index in [1.807, 2.05) is 26.0 Å². The van der Waals surface area contributed by atoms with E-state index in [9.17, 15) is 9.59 Å². The van der Waals surface area contributed by atoms with E-state index >= 15 is 0 Å². The molecule has 0 aliphatic heterocycles. The number of hydrogen-bond acceptors (Lipinski definition) is 4. The van der Waals surface area contributed by atoms with Gasteiger partial charge in [-0.25, -0.2) is 0 Å². The summed E-state index contributed by atoms with van der Waals surface area (Å²) in [5.41, 5.74) is 0.382. The summed E-state index contributed by atoms with van der Waals surface area (Å²) >= 11 is 0. The Morgan fingerprint density at radius 2 is 2.10 bits per heavy atom. The number of hydrogen-bond donors (Lipinski definition) is 2. The minimum absolute atomic E-state index is 0.103. The first-order valence-corrected chi connectivity index (χ1v) is 6.22. The van der Waals surface area contributed by atoms with Crippen LogP contribution in [0.2, 0.25) is 0 Å². The zero-order valence-electron chi connectivity index (χ0n) is 11.3. The van der Waals surface area contributed by atoms with Crippen LogP contribution in [0.3, 0.4) is 0 Å². The van der Waals surface area contributed by atoms with Crippen LogP contribution in [0.15, 0.2) is 39.6 Å². The summed E-state index contributed by atoms with van der Waals surface area (Å²) in [5.74, 6) is 0.824. The van der Waals surface area contributed by atoms with Gasteiger partial charge in [-0.3, -0.25) is 9.59 Å². The highest BCUT2D eigenvalue weighted by Crippen LogP contribution is 2.15. The molecule has 0 fully saturated rings. The van der Waals surface area contributed by atoms with Gasteiger partial charge in [0.1, 0.15) is 17.8 Å². The Kier molecular flexibility index (Phi) is 4.24. The lowest BCUT2D eigenvalue weighted by Crippen LogP contribution is -2.37. The van der Waals surface area contributed by atoms with Crippen LogP contribution in [-0.4, -0.2) is 18.4 Å². The second-order valence-corrected chi connectivity index (χ2v) is 4.43. The molecule has 0 spiro atoms. The number of furan rings is 2. The number of amides is 2. The van der Waals surface area contributed by atoms with Crippen molar-refractivity contribution in [3.63, 3.8) is 0 Å². The molecule has 6 nitrogen and oxygen atoms in total. The molecule has 2 aromatic rings. The van der Waals surface area contributed by atoms with E-state index in [-0.39, 0.29) is 24.4 Å². The third-order valence-corrected chi connectivity index (χ3v) is 2.76. The molecule has 20 heavy (non-hydrogen) atoms. The van der Waals surface area contributed by atoms with Crippen LogP contribution in [-0.2, 0) is 4.79 Å². The summed E-state index contributed by atoms with van der Waals surface area (Å²) in [7, 11) is 0. The second kappa shape index (κ2) is 6.10. The van der Waals surface area contributed by atoms with Crippen molar-refractivity contribution in [3.8, 4) is 0 Å². The molecule has 2 rings (SSSR count). The molecule has 2 amide bonds. The first kappa shape index (κ1) is 13.9. The number of nitrogens with one attached hydrogen (secondary N) is 2. The molecule has 6 heteroatoms. The SMILES string of the molecule is Cc1ccc([C@@H](C)NC(=O)CNC(=O)c2ccoc2)o1. The van der Waals surface area contributed by atoms with Gasteiger partial charge in [0, 0.05) is 0 Å². The molecule has 0 aromatic carbocycles. The normalized spacial score (nSPS) is 11.9. The van der Waals surface area contributed by atoms with E-state index in [0.29, 0.717) is 11.3 Å². The van der Waals surface area contributed by atoms with Gasteiger partial charge in [-0.15, -0.1) is 0 Å². The molecule has 0 aliphatic rings. The van der Waals surface area contributed by atoms with Gasteiger partial charge in [0.15, 0.2) is 0 Å². The molecular formula is C14H16N2O4. The number of carbonyl (C=O) groups is 2. The van der Waals surface area contributed by atoms with Crippen molar-refractivity contribution < 1.29 is 18.4 Å². The maximum absolute atomic E-state index is 11.7. The fourth-order valence-electron chi connectivity index (χ4n) is 1.71. The molecule has 2 aromatic heterocycles. The van der Waals surface area contributed by atoms with Gasteiger partial charge in [0.25, 0.3) is 5.91 Å². The van der Waals surface area contributed by atoms with Crippen LogP contribution in [0.5, 0.6) is 0 Å². The smallest absolute Gasteiger partial charge is 0.254 e. The number of carbonyl (C=O) groups excluding carboxylic acids is 2. The van der Waals surface area contributed by atoms with Crippen molar-refractivity contribution in [1.29, 1.82) is 0 Å². The Morgan fingerprint density at radius 1 is 1.30 bits per heavy atom. The molecule has 0 radical (unpaired) electrons. The van der Waals surface area contributed by atoms with Gasteiger partial charge < -0.3 is 19.5 Å². The van der Waals surface area contributed by atoms with Crippen molar-refractivity contribution >= 4 is 11.8 Å². The van der Waals surface area contributed by atoms with Crippen LogP contribution in [0.25, 0.3) is 0 Å². The Hall–Kier alpha value is -2.50. The Bertz CT molecular complexity index is 586. The summed E-state index contributed by atoms with van der Waals surface area (Å²) in [4.78, 5) is 23.3. The van der Waals surface area contributed by atoms with Crippen LogP contribution in [0.1, 0.15) is 34.8 Å². The van der Waals surface area contributed by atoms with Crippen LogP contribution in [0.4, 0.5) is 0 Å². The average Bonchev–Trinajstić information content (AvgIpc) is 3.06.